The SMILES string of the molecule is CC(C1CCC1)N1CCC(=O)NC(C)(C)C1=O. The molecule has 96 valence electrons. The quantitative estimate of drug-likeness (QED) is 0.788. The Morgan fingerprint density at radius 3 is 2.53 bits per heavy atom. The Kier molecular flexibility index (Phi) is 3.15. The van der Waals surface area contributed by atoms with E-state index in [2.05, 4.69) is 12.2 Å². The lowest BCUT2D eigenvalue weighted by molar-refractivity contribution is -0.140. The normalized spacial score (nSPS) is 27.1. The number of rotatable bonds is 2. The molecule has 0 radical (unpaired) electrons. The van der Waals surface area contributed by atoms with Gasteiger partial charge in [-0.2, -0.15) is 0 Å². The van der Waals surface area contributed by atoms with Crippen LogP contribution in [-0.4, -0.2) is 34.8 Å². The molecule has 1 saturated heterocycles. The Labute approximate surface area is 103 Å². The topological polar surface area (TPSA) is 49.4 Å². The molecular formula is C13H22N2O2. The van der Waals surface area contributed by atoms with Crippen LogP contribution in [0, 0.1) is 5.92 Å². The summed E-state index contributed by atoms with van der Waals surface area (Å²) in [7, 11) is 0. The van der Waals surface area contributed by atoms with Gasteiger partial charge in [-0.25, -0.2) is 0 Å². The van der Waals surface area contributed by atoms with Crippen LogP contribution in [0.2, 0.25) is 0 Å². The van der Waals surface area contributed by atoms with E-state index in [1.54, 1.807) is 13.8 Å². The number of nitrogens with zero attached hydrogens (tertiary/aromatic N) is 1. The zero-order valence-corrected chi connectivity index (χ0v) is 11.0. The van der Waals surface area contributed by atoms with Crippen LogP contribution in [0.15, 0.2) is 0 Å². The summed E-state index contributed by atoms with van der Waals surface area (Å²) >= 11 is 0. The van der Waals surface area contributed by atoms with Crippen molar-refractivity contribution in [2.75, 3.05) is 6.54 Å². The molecule has 0 aromatic carbocycles. The molecule has 4 heteroatoms. The summed E-state index contributed by atoms with van der Waals surface area (Å²) in [4.78, 5) is 25.9. The predicted octanol–water partition coefficient (Wildman–Crippen LogP) is 1.30. The highest BCUT2D eigenvalue weighted by molar-refractivity contribution is 5.93. The smallest absolute Gasteiger partial charge is 0.248 e. The molecule has 1 aliphatic heterocycles. The maximum absolute atomic E-state index is 12.4. The van der Waals surface area contributed by atoms with Crippen LogP contribution in [-0.2, 0) is 9.59 Å². The average molecular weight is 238 g/mol. The molecule has 2 amide bonds. The summed E-state index contributed by atoms with van der Waals surface area (Å²) in [6, 6.07) is 0.267. The van der Waals surface area contributed by atoms with Gasteiger partial charge in [0.05, 0.1) is 0 Å². The summed E-state index contributed by atoms with van der Waals surface area (Å²) in [5.41, 5.74) is -0.758. The first-order valence-corrected chi connectivity index (χ1v) is 6.54. The minimum absolute atomic E-state index is 0.0216. The Balaban J connectivity index is 2.14. The van der Waals surface area contributed by atoms with Gasteiger partial charge in [0, 0.05) is 19.0 Å². The molecule has 1 saturated carbocycles. The Morgan fingerprint density at radius 1 is 1.35 bits per heavy atom. The molecule has 0 spiro atoms. The lowest BCUT2D eigenvalue weighted by atomic mass is 9.79. The molecule has 0 aromatic rings. The fourth-order valence-corrected chi connectivity index (χ4v) is 2.71. The van der Waals surface area contributed by atoms with E-state index in [9.17, 15) is 9.59 Å². The zero-order valence-electron chi connectivity index (χ0n) is 11.0. The second-order valence-electron chi connectivity index (χ2n) is 5.85. The summed E-state index contributed by atoms with van der Waals surface area (Å²) in [5, 5.41) is 2.80. The maximum atomic E-state index is 12.4. The van der Waals surface area contributed by atoms with E-state index in [-0.39, 0.29) is 17.9 Å². The fourth-order valence-electron chi connectivity index (χ4n) is 2.71. The molecule has 1 aliphatic carbocycles. The highest BCUT2D eigenvalue weighted by Crippen LogP contribution is 2.33. The van der Waals surface area contributed by atoms with Crippen molar-refractivity contribution >= 4 is 11.8 Å². The van der Waals surface area contributed by atoms with Crippen molar-refractivity contribution in [2.45, 2.75) is 58.0 Å². The van der Waals surface area contributed by atoms with Crippen molar-refractivity contribution in [3.63, 3.8) is 0 Å². The maximum Gasteiger partial charge on any atom is 0.248 e. The molecule has 2 fully saturated rings. The molecule has 1 unspecified atom stereocenters. The number of carbonyl (C=O) groups excluding carboxylic acids is 2. The van der Waals surface area contributed by atoms with Crippen LogP contribution < -0.4 is 5.32 Å². The second-order valence-corrected chi connectivity index (χ2v) is 5.85. The summed E-state index contributed by atoms with van der Waals surface area (Å²) in [5.74, 6) is 0.664. The lowest BCUT2D eigenvalue weighted by Crippen LogP contribution is -2.56. The first-order valence-electron chi connectivity index (χ1n) is 6.54. The van der Waals surface area contributed by atoms with Crippen LogP contribution in [0.4, 0.5) is 0 Å². The highest BCUT2D eigenvalue weighted by atomic mass is 16.2. The van der Waals surface area contributed by atoms with E-state index in [0.29, 0.717) is 18.9 Å². The largest absolute Gasteiger partial charge is 0.342 e. The van der Waals surface area contributed by atoms with Gasteiger partial charge < -0.3 is 10.2 Å². The van der Waals surface area contributed by atoms with E-state index in [1.807, 2.05) is 4.90 Å². The number of hydrogen-bond donors (Lipinski definition) is 1. The van der Waals surface area contributed by atoms with Crippen molar-refractivity contribution < 1.29 is 9.59 Å². The molecule has 17 heavy (non-hydrogen) atoms. The third-order valence-corrected chi connectivity index (χ3v) is 4.15. The number of amides is 2. The van der Waals surface area contributed by atoms with Crippen molar-refractivity contribution in [3.05, 3.63) is 0 Å². The van der Waals surface area contributed by atoms with E-state index in [1.165, 1.54) is 19.3 Å². The molecule has 2 aliphatic rings. The zero-order chi connectivity index (χ0) is 12.6. The molecule has 0 aromatic heterocycles. The van der Waals surface area contributed by atoms with Gasteiger partial charge in [-0.05, 0) is 39.5 Å². The van der Waals surface area contributed by atoms with Gasteiger partial charge in [0.1, 0.15) is 5.54 Å². The minimum atomic E-state index is -0.758. The van der Waals surface area contributed by atoms with E-state index in [4.69, 9.17) is 0 Å². The van der Waals surface area contributed by atoms with Gasteiger partial charge in [0.25, 0.3) is 0 Å². The second kappa shape index (κ2) is 4.31. The Bertz CT molecular complexity index is 334. The van der Waals surface area contributed by atoms with Crippen LogP contribution in [0.5, 0.6) is 0 Å². The van der Waals surface area contributed by atoms with Crippen molar-refractivity contribution in [2.24, 2.45) is 5.92 Å². The number of hydrogen-bond acceptors (Lipinski definition) is 2. The predicted molar refractivity (Wildman–Crippen MR) is 65.4 cm³/mol. The van der Waals surface area contributed by atoms with Crippen LogP contribution in [0.3, 0.4) is 0 Å². The molecule has 4 nitrogen and oxygen atoms in total. The molecule has 2 rings (SSSR count). The van der Waals surface area contributed by atoms with Gasteiger partial charge >= 0.3 is 0 Å². The third kappa shape index (κ3) is 2.31. The highest BCUT2D eigenvalue weighted by Gasteiger charge is 2.40. The standard InChI is InChI=1S/C13H22N2O2/c1-9(10-5-4-6-10)15-8-7-11(16)14-13(2,3)12(15)17/h9-10H,4-8H2,1-3H3,(H,14,16). The Morgan fingerprint density at radius 2 is 2.00 bits per heavy atom. The molecule has 0 bridgehead atoms. The minimum Gasteiger partial charge on any atom is -0.342 e. The molecular weight excluding hydrogens is 216 g/mol. The monoisotopic (exact) mass is 238 g/mol. The molecule has 1 N–H and O–H groups in total. The van der Waals surface area contributed by atoms with Gasteiger partial charge in [-0.3, -0.25) is 9.59 Å². The first kappa shape index (κ1) is 12.4. The van der Waals surface area contributed by atoms with Crippen molar-refractivity contribution in [1.29, 1.82) is 0 Å². The van der Waals surface area contributed by atoms with Gasteiger partial charge in [0.15, 0.2) is 0 Å². The fraction of sp³-hybridized carbons (Fsp3) is 0.846. The number of nitrogens with one attached hydrogen (secondary N) is 1. The molecule has 1 atom stereocenters. The van der Waals surface area contributed by atoms with E-state index < -0.39 is 5.54 Å². The van der Waals surface area contributed by atoms with Gasteiger partial charge in [0.2, 0.25) is 11.8 Å². The van der Waals surface area contributed by atoms with Crippen LogP contribution in [0.1, 0.15) is 46.5 Å². The molecule has 1 heterocycles. The summed E-state index contributed by atoms with van der Waals surface area (Å²) < 4.78 is 0. The van der Waals surface area contributed by atoms with Crippen LogP contribution >= 0.6 is 0 Å². The van der Waals surface area contributed by atoms with E-state index >= 15 is 0 Å². The third-order valence-electron chi connectivity index (χ3n) is 4.15. The average Bonchev–Trinajstić information content (AvgIpc) is 2.22. The lowest BCUT2D eigenvalue weighted by Gasteiger charge is -2.40. The first-order chi connectivity index (χ1) is 7.92. The van der Waals surface area contributed by atoms with Gasteiger partial charge in [-0.1, -0.05) is 6.42 Å². The van der Waals surface area contributed by atoms with Crippen molar-refractivity contribution in [3.8, 4) is 0 Å². The summed E-state index contributed by atoms with van der Waals surface area (Å²) in [6.45, 7) is 6.26. The van der Waals surface area contributed by atoms with Crippen LogP contribution in [0.25, 0.3) is 0 Å². The Hall–Kier alpha value is -1.06. The summed E-state index contributed by atoms with van der Waals surface area (Å²) in [6.07, 6.45) is 4.13. The van der Waals surface area contributed by atoms with E-state index in [0.717, 1.165) is 0 Å². The van der Waals surface area contributed by atoms with Crippen molar-refractivity contribution in [1.82, 2.24) is 10.2 Å². The van der Waals surface area contributed by atoms with Gasteiger partial charge in [-0.15, -0.1) is 0 Å². The number of carbonyl (C=O) groups is 2.